The molecule has 0 fully saturated rings. The van der Waals surface area contributed by atoms with Crippen molar-refractivity contribution in [2.24, 2.45) is 4.99 Å². The molecule has 0 saturated heterocycles. The van der Waals surface area contributed by atoms with E-state index in [0.29, 0.717) is 6.42 Å². The van der Waals surface area contributed by atoms with Crippen molar-refractivity contribution >= 4 is 12.2 Å². The zero-order valence-corrected chi connectivity index (χ0v) is 19.0. The van der Waals surface area contributed by atoms with Crippen molar-refractivity contribution in [3.63, 3.8) is 0 Å². The highest BCUT2D eigenvalue weighted by Crippen LogP contribution is 2.16. The molecule has 0 bridgehead atoms. The van der Waals surface area contributed by atoms with Gasteiger partial charge in [0.05, 0.1) is 13.2 Å². The Labute approximate surface area is 183 Å². The van der Waals surface area contributed by atoms with Crippen molar-refractivity contribution in [2.45, 2.75) is 96.4 Å². The van der Waals surface area contributed by atoms with Gasteiger partial charge in [-0.1, -0.05) is 76.2 Å². The molecule has 0 aromatic heterocycles. The number of carbonyl (C=O) groups is 1. The van der Waals surface area contributed by atoms with Crippen molar-refractivity contribution in [2.75, 3.05) is 7.11 Å². The van der Waals surface area contributed by atoms with Crippen molar-refractivity contribution in [1.82, 2.24) is 0 Å². The quantitative estimate of drug-likeness (QED) is 0.129. The van der Waals surface area contributed by atoms with E-state index in [0.717, 1.165) is 37.7 Å². The van der Waals surface area contributed by atoms with E-state index in [2.05, 4.69) is 23.8 Å². The summed E-state index contributed by atoms with van der Waals surface area (Å²) in [5, 5.41) is 9.93. The number of aromatic hydroxyl groups is 1. The van der Waals surface area contributed by atoms with Crippen molar-refractivity contribution < 1.29 is 14.6 Å². The van der Waals surface area contributed by atoms with Gasteiger partial charge in [-0.25, -0.2) is 0 Å². The Balaban J connectivity index is 2.31. The standard InChI is InChI=1S/C26H41NO3/c1-3-4-5-12-18-24(27-22-23-17-15-16-20-25(23)28)19-13-10-8-6-7-9-11-14-21-26(29)30-2/h10,13,15-17,20,22,24,28H,3-9,11-12,14,18-19,21H2,1-2H3/b13-10-,27-22?. The van der Waals surface area contributed by atoms with Crippen molar-refractivity contribution in [3.8, 4) is 5.75 Å². The first kappa shape index (κ1) is 25.9. The highest BCUT2D eigenvalue weighted by atomic mass is 16.5. The summed E-state index contributed by atoms with van der Waals surface area (Å²) in [6.45, 7) is 2.23. The zero-order chi connectivity index (χ0) is 21.9. The van der Waals surface area contributed by atoms with Crippen molar-refractivity contribution in [1.29, 1.82) is 0 Å². The van der Waals surface area contributed by atoms with Gasteiger partial charge < -0.3 is 9.84 Å². The first-order valence-corrected chi connectivity index (χ1v) is 11.7. The molecule has 0 aliphatic heterocycles. The SMILES string of the molecule is CCCCCCC(C/C=C\CCCCCCCC(=O)OC)N=Cc1ccccc1O. The topological polar surface area (TPSA) is 58.9 Å². The minimum Gasteiger partial charge on any atom is -0.507 e. The largest absolute Gasteiger partial charge is 0.507 e. The van der Waals surface area contributed by atoms with Crippen LogP contribution in [-0.4, -0.2) is 30.4 Å². The minimum atomic E-state index is -0.104. The first-order chi connectivity index (χ1) is 14.7. The summed E-state index contributed by atoms with van der Waals surface area (Å²) in [4.78, 5) is 15.8. The molecule has 1 aromatic rings. The zero-order valence-electron chi connectivity index (χ0n) is 19.0. The van der Waals surface area contributed by atoms with Gasteiger partial charge in [-0.15, -0.1) is 0 Å². The summed E-state index contributed by atoms with van der Waals surface area (Å²) < 4.78 is 4.66. The van der Waals surface area contributed by atoms with Crippen LogP contribution in [0.1, 0.15) is 96.0 Å². The van der Waals surface area contributed by atoms with Gasteiger partial charge in [0.15, 0.2) is 0 Å². The molecule has 0 aliphatic carbocycles. The van der Waals surface area contributed by atoms with Crippen molar-refractivity contribution in [3.05, 3.63) is 42.0 Å². The Morgan fingerprint density at radius 3 is 2.53 bits per heavy atom. The summed E-state index contributed by atoms with van der Waals surface area (Å²) in [6, 6.07) is 7.63. The summed E-state index contributed by atoms with van der Waals surface area (Å²) in [6.07, 6.45) is 20.6. The van der Waals surface area contributed by atoms with Gasteiger partial charge in [0.1, 0.15) is 5.75 Å². The number of rotatable bonds is 17. The third-order valence-corrected chi connectivity index (χ3v) is 5.31. The molecule has 0 spiro atoms. The summed E-state index contributed by atoms with van der Waals surface area (Å²) >= 11 is 0. The van der Waals surface area contributed by atoms with Gasteiger partial charge >= 0.3 is 5.97 Å². The lowest BCUT2D eigenvalue weighted by Crippen LogP contribution is -2.04. The third-order valence-electron chi connectivity index (χ3n) is 5.31. The van der Waals surface area contributed by atoms with E-state index >= 15 is 0 Å². The number of hydrogen-bond donors (Lipinski definition) is 1. The number of phenolic OH excluding ortho intramolecular Hbond substituents is 1. The van der Waals surface area contributed by atoms with Crippen LogP contribution in [0.15, 0.2) is 41.4 Å². The fourth-order valence-corrected chi connectivity index (χ4v) is 3.38. The predicted octanol–water partition coefficient (Wildman–Crippen LogP) is 7.00. The highest BCUT2D eigenvalue weighted by Gasteiger charge is 2.05. The second-order valence-electron chi connectivity index (χ2n) is 7.93. The second-order valence-corrected chi connectivity index (χ2v) is 7.93. The van der Waals surface area contributed by atoms with Gasteiger partial charge in [0.25, 0.3) is 0 Å². The maximum atomic E-state index is 11.1. The van der Waals surface area contributed by atoms with E-state index < -0.39 is 0 Å². The fourth-order valence-electron chi connectivity index (χ4n) is 3.38. The maximum absolute atomic E-state index is 11.1. The lowest BCUT2D eigenvalue weighted by Gasteiger charge is -2.10. The molecule has 1 N–H and O–H groups in total. The van der Waals surface area contributed by atoms with Crippen LogP contribution in [-0.2, 0) is 9.53 Å². The van der Waals surface area contributed by atoms with Gasteiger partial charge in [-0.3, -0.25) is 9.79 Å². The van der Waals surface area contributed by atoms with Crippen LogP contribution in [0.3, 0.4) is 0 Å². The van der Waals surface area contributed by atoms with Crippen LogP contribution in [0, 0.1) is 0 Å². The molecule has 1 aromatic carbocycles. The predicted molar refractivity (Wildman–Crippen MR) is 126 cm³/mol. The van der Waals surface area contributed by atoms with E-state index in [1.54, 1.807) is 6.07 Å². The van der Waals surface area contributed by atoms with E-state index in [4.69, 9.17) is 4.99 Å². The normalized spacial score (nSPS) is 12.6. The number of benzene rings is 1. The number of hydrogen-bond acceptors (Lipinski definition) is 4. The molecule has 168 valence electrons. The van der Waals surface area contributed by atoms with Gasteiger partial charge in [-0.05, 0) is 44.2 Å². The molecule has 4 heteroatoms. The number of carbonyl (C=O) groups excluding carboxylic acids is 1. The second kappa shape index (κ2) is 17.7. The Morgan fingerprint density at radius 1 is 1.03 bits per heavy atom. The molecule has 1 atom stereocenters. The number of unbranched alkanes of at least 4 members (excludes halogenated alkanes) is 8. The van der Waals surface area contributed by atoms with Crippen LogP contribution >= 0.6 is 0 Å². The van der Waals surface area contributed by atoms with Crippen LogP contribution in [0.4, 0.5) is 0 Å². The number of methoxy groups -OCH3 is 1. The number of phenols is 1. The Kier molecular flexibility index (Phi) is 15.3. The van der Waals surface area contributed by atoms with Gasteiger partial charge in [-0.2, -0.15) is 0 Å². The number of para-hydroxylation sites is 1. The fraction of sp³-hybridized carbons (Fsp3) is 0.615. The summed E-state index contributed by atoms with van der Waals surface area (Å²) in [5.74, 6) is 0.181. The van der Waals surface area contributed by atoms with Gasteiger partial charge in [0, 0.05) is 18.2 Å². The smallest absolute Gasteiger partial charge is 0.305 e. The van der Waals surface area contributed by atoms with Crippen LogP contribution < -0.4 is 0 Å². The summed E-state index contributed by atoms with van der Waals surface area (Å²) in [7, 11) is 1.45. The number of esters is 1. The Morgan fingerprint density at radius 2 is 1.77 bits per heavy atom. The molecule has 30 heavy (non-hydrogen) atoms. The molecular formula is C26H41NO3. The van der Waals surface area contributed by atoms with Crippen LogP contribution in [0.25, 0.3) is 0 Å². The Bertz CT molecular complexity index is 624. The maximum Gasteiger partial charge on any atom is 0.305 e. The minimum absolute atomic E-state index is 0.104. The van der Waals surface area contributed by atoms with E-state index in [9.17, 15) is 9.90 Å². The molecule has 0 heterocycles. The number of ether oxygens (including phenoxy) is 1. The van der Waals surface area contributed by atoms with Crippen LogP contribution in [0.2, 0.25) is 0 Å². The monoisotopic (exact) mass is 415 g/mol. The van der Waals surface area contributed by atoms with Gasteiger partial charge in [0.2, 0.25) is 0 Å². The lowest BCUT2D eigenvalue weighted by molar-refractivity contribution is -0.140. The molecule has 0 radical (unpaired) electrons. The molecule has 1 rings (SSSR count). The third kappa shape index (κ3) is 13.2. The number of aliphatic imine (C=N–C) groups is 1. The molecular weight excluding hydrogens is 374 g/mol. The molecule has 0 aliphatic rings. The highest BCUT2D eigenvalue weighted by molar-refractivity contribution is 5.83. The average Bonchev–Trinajstić information content (AvgIpc) is 2.76. The molecule has 0 saturated carbocycles. The number of allylic oxidation sites excluding steroid dienone is 1. The lowest BCUT2D eigenvalue weighted by atomic mass is 10.0. The Hall–Kier alpha value is -2.10. The first-order valence-electron chi connectivity index (χ1n) is 11.7. The van der Waals surface area contributed by atoms with E-state index in [1.165, 1.54) is 52.1 Å². The average molecular weight is 416 g/mol. The molecule has 4 nitrogen and oxygen atoms in total. The van der Waals surface area contributed by atoms with E-state index in [-0.39, 0.29) is 17.8 Å². The number of nitrogens with zero attached hydrogens (tertiary/aromatic N) is 1. The van der Waals surface area contributed by atoms with E-state index in [1.807, 2.05) is 24.4 Å². The summed E-state index contributed by atoms with van der Waals surface area (Å²) in [5.41, 5.74) is 0.784. The molecule has 0 amide bonds. The van der Waals surface area contributed by atoms with Crippen LogP contribution in [0.5, 0.6) is 5.75 Å². The molecule has 1 unspecified atom stereocenters.